The Morgan fingerprint density at radius 1 is 1.26 bits per heavy atom. The molecule has 0 aliphatic rings. The highest BCUT2D eigenvalue weighted by molar-refractivity contribution is 5.84. The number of carboxylic acids is 1. The fourth-order valence-corrected chi connectivity index (χ4v) is 1.61. The summed E-state index contributed by atoms with van der Waals surface area (Å²) in [5.74, 6) is -2.41. The van der Waals surface area contributed by atoms with Gasteiger partial charge in [-0.2, -0.15) is 0 Å². The summed E-state index contributed by atoms with van der Waals surface area (Å²) >= 11 is 0. The van der Waals surface area contributed by atoms with Gasteiger partial charge in [-0.25, -0.2) is 0 Å². The molecule has 1 rings (SSSR count). The van der Waals surface area contributed by atoms with Crippen LogP contribution in [-0.2, 0) is 14.3 Å². The number of hydrogen-bond donors (Lipinski definition) is 2. The maximum Gasteiger partial charge on any atom is 0.314 e. The number of nitrogen functional groups attached to an aromatic ring is 1. The molecule has 0 fully saturated rings. The number of anilines is 1. The Morgan fingerprint density at radius 3 is 2.21 bits per heavy atom. The number of rotatable bonds is 4. The van der Waals surface area contributed by atoms with Crippen LogP contribution in [0.1, 0.15) is 38.7 Å². The van der Waals surface area contributed by atoms with Crippen LogP contribution in [0.25, 0.3) is 0 Å². The van der Waals surface area contributed by atoms with Gasteiger partial charge >= 0.3 is 11.9 Å². The zero-order valence-corrected chi connectivity index (χ0v) is 11.3. The number of benzene rings is 1. The second kappa shape index (κ2) is 5.73. The summed E-state index contributed by atoms with van der Waals surface area (Å²) < 4.78 is 5.25. The third-order valence-electron chi connectivity index (χ3n) is 2.41. The number of carbonyl (C=O) groups is 2. The van der Waals surface area contributed by atoms with Gasteiger partial charge in [0.1, 0.15) is 5.60 Å². The molecular formula is C14H19NO4. The van der Waals surface area contributed by atoms with Gasteiger partial charge in [0, 0.05) is 5.69 Å². The maximum absolute atomic E-state index is 12.1. The Labute approximate surface area is 112 Å². The van der Waals surface area contributed by atoms with Crippen molar-refractivity contribution in [1.29, 1.82) is 0 Å². The second-order valence-corrected chi connectivity index (χ2v) is 5.35. The van der Waals surface area contributed by atoms with E-state index in [1.165, 1.54) is 0 Å². The Morgan fingerprint density at radius 2 is 1.79 bits per heavy atom. The molecule has 0 bridgehead atoms. The van der Waals surface area contributed by atoms with Crippen molar-refractivity contribution in [1.82, 2.24) is 0 Å². The van der Waals surface area contributed by atoms with E-state index < -0.39 is 23.5 Å². The third-order valence-corrected chi connectivity index (χ3v) is 2.41. The minimum Gasteiger partial charge on any atom is -0.481 e. The van der Waals surface area contributed by atoms with E-state index in [9.17, 15) is 9.59 Å². The van der Waals surface area contributed by atoms with Crippen LogP contribution in [0.5, 0.6) is 0 Å². The summed E-state index contributed by atoms with van der Waals surface area (Å²) in [5, 5.41) is 8.91. The molecule has 1 aromatic carbocycles. The molecule has 0 saturated heterocycles. The lowest BCUT2D eigenvalue weighted by Gasteiger charge is -2.23. The van der Waals surface area contributed by atoms with E-state index in [1.807, 2.05) is 0 Å². The van der Waals surface area contributed by atoms with E-state index in [0.29, 0.717) is 11.3 Å². The molecule has 0 aliphatic carbocycles. The van der Waals surface area contributed by atoms with Crippen LogP contribution < -0.4 is 5.73 Å². The van der Waals surface area contributed by atoms with Crippen LogP contribution in [0.15, 0.2) is 24.3 Å². The largest absolute Gasteiger partial charge is 0.481 e. The lowest BCUT2D eigenvalue weighted by molar-refractivity contribution is -0.159. The minimum absolute atomic E-state index is 0.307. The summed E-state index contributed by atoms with van der Waals surface area (Å²) in [5.41, 5.74) is 6.07. The van der Waals surface area contributed by atoms with Gasteiger partial charge in [-0.15, -0.1) is 0 Å². The Hall–Kier alpha value is -2.04. The fraction of sp³-hybridized carbons (Fsp3) is 0.429. The van der Waals surface area contributed by atoms with E-state index in [1.54, 1.807) is 45.0 Å². The predicted octanol–water partition coefficient (Wildman–Crippen LogP) is 2.17. The molecule has 0 heterocycles. The predicted molar refractivity (Wildman–Crippen MR) is 71.7 cm³/mol. The SMILES string of the molecule is CC(C)(C)OC(=O)C(CC(=O)O)c1ccc(N)cc1. The Kier molecular flexibility index (Phi) is 4.53. The van der Waals surface area contributed by atoms with Gasteiger partial charge in [-0.05, 0) is 38.5 Å². The first-order valence-electron chi connectivity index (χ1n) is 5.99. The topological polar surface area (TPSA) is 89.6 Å². The number of nitrogens with two attached hydrogens (primary N) is 1. The second-order valence-electron chi connectivity index (χ2n) is 5.35. The molecule has 0 amide bonds. The van der Waals surface area contributed by atoms with E-state index >= 15 is 0 Å². The molecule has 0 aliphatic heterocycles. The normalized spacial score (nSPS) is 12.8. The van der Waals surface area contributed by atoms with Crippen LogP contribution in [0.2, 0.25) is 0 Å². The van der Waals surface area contributed by atoms with E-state index in [-0.39, 0.29) is 6.42 Å². The van der Waals surface area contributed by atoms with E-state index in [4.69, 9.17) is 15.6 Å². The first kappa shape index (κ1) is 15.0. The fourth-order valence-electron chi connectivity index (χ4n) is 1.61. The molecule has 5 nitrogen and oxygen atoms in total. The highest BCUT2D eigenvalue weighted by atomic mass is 16.6. The van der Waals surface area contributed by atoms with Crippen molar-refractivity contribution in [2.75, 3.05) is 5.73 Å². The first-order valence-corrected chi connectivity index (χ1v) is 5.99. The monoisotopic (exact) mass is 265 g/mol. The van der Waals surface area contributed by atoms with Crippen LogP contribution in [0.4, 0.5) is 5.69 Å². The number of aliphatic carboxylic acids is 1. The summed E-state index contributed by atoms with van der Waals surface area (Å²) in [6, 6.07) is 6.56. The quantitative estimate of drug-likeness (QED) is 0.643. The number of carbonyl (C=O) groups excluding carboxylic acids is 1. The summed E-state index contributed by atoms with van der Waals surface area (Å²) in [6.07, 6.45) is -0.307. The standard InChI is InChI=1S/C14H19NO4/c1-14(2,3)19-13(18)11(8-12(16)17)9-4-6-10(15)7-5-9/h4-7,11H,8,15H2,1-3H3,(H,16,17). The van der Waals surface area contributed by atoms with E-state index in [2.05, 4.69) is 0 Å². The van der Waals surface area contributed by atoms with Crippen LogP contribution >= 0.6 is 0 Å². The van der Waals surface area contributed by atoms with Crippen molar-refractivity contribution >= 4 is 17.6 Å². The van der Waals surface area contributed by atoms with Crippen LogP contribution in [-0.4, -0.2) is 22.6 Å². The zero-order chi connectivity index (χ0) is 14.6. The van der Waals surface area contributed by atoms with Crippen molar-refractivity contribution < 1.29 is 19.4 Å². The van der Waals surface area contributed by atoms with Gasteiger partial charge in [-0.3, -0.25) is 9.59 Å². The van der Waals surface area contributed by atoms with E-state index in [0.717, 1.165) is 0 Å². The van der Waals surface area contributed by atoms with Gasteiger partial charge in [0.05, 0.1) is 12.3 Å². The van der Waals surface area contributed by atoms with Crippen molar-refractivity contribution in [3.8, 4) is 0 Å². The summed E-state index contributed by atoms with van der Waals surface area (Å²) in [7, 11) is 0. The Balaban J connectivity index is 2.97. The molecule has 0 spiro atoms. The zero-order valence-electron chi connectivity index (χ0n) is 11.3. The van der Waals surface area contributed by atoms with Crippen molar-refractivity contribution in [3.63, 3.8) is 0 Å². The highest BCUT2D eigenvalue weighted by Gasteiger charge is 2.28. The van der Waals surface area contributed by atoms with Gasteiger partial charge < -0.3 is 15.6 Å². The van der Waals surface area contributed by atoms with Crippen molar-refractivity contribution in [3.05, 3.63) is 29.8 Å². The first-order chi connectivity index (χ1) is 8.69. The number of ether oxygens (including phenoxy) is 1. The smallest absolute Gasteiger partial charge is 0.314 e. The lowest BCUT2D eigenvalue weighted by Crippen LogP contribution is -2.29. The number of esters is 1. The average Bonchev–Trinajstić information content (AvgIpc) is 2.24. The maximum atomic E-state index is 12.1. The Bertz CT molecular complexity index is 459. The molecule has 0 radical (unpaired) electrons. The van der Waals surface area contributed by atoms with Crippen molar-refractivity contribution in [2.24, 2.45) is 0 Å². The molecule has 1 aromatic rings. The highest BCUT2D eigenvalue weighted by Crippen LogP contribution is 2.24. The molecule has 0 saturated carbocycles. The lowest BCUT2D eigenvalue weighted by atomic mass is 9.95. The molecule has 0 aromatic heterocycles. The minimum atomic E-state index is -1.05. The average molecular weight is 265 g/mol. The number of carboxylic acid groups (broad SMARTS) is 1. The van der Waals surface area contributed by atoms with Crippen molar-refractivity contribution in [2.45, 2.75) is 38.7 Å². The van der Waals surface area contributed by atoms with Gasteiger partial charge in [0.15, 0.2) is 0 Å². The third kappa shape index (κ3) is 4.99. The molecule has 3 N–H and O–H groups in total. The number of hydrogen-bond acceptors (Lipinski definition) is 4. The molecule has 19 heavy (non-hydrogen) atoms. The molecule has 5 heteroatoms. The van der Waals surface area contributed by atoms with Crippen LogP contribution in [0, 0.1) is 0 Å². The molecule has 1 atom stereocenters. The van der Waals surface area contributed by atoms with Gasteiger partial charge in [-0.1, -0.05) is 12.1 Å². The summed E-state index contributed by atoms with van der Waals surface area (Å²) in [4.78, 5) is 23.0. The van der Waals surface area contributed by atoms with Crippen LogP contribution in [0.3, 0.4) is 0 Å². The summed E-state index contributed by atoms with van der Waals surface area (Å²) in [6.45, 7) is 5.23. The molecule has 104 valence electrons. The van der Waals surface area contributed by atoms with Gasteiger partial charge in [0.25, 0.3) is 0 Å². The molecule has 1 unspecified atom stereocenters. The van der Waals surface area contributed by atoms with Gasteiger partial charge in [0.2, 0.25) is 0 Å². The molecular weight excluding hydrogens is 246 g/mol.